The Morgan fingerprint density at radius 2 is 1.74 bits per heavy atom. The van der Waals surface area contributed by atoms with Gasteiger partial charge in [0.25, 0.3) is 5.91 Å². The van der Waals surface area contributed by atoms with Crippen LogP contribution in [0, 0.1) is 12.7 Å². The number of aromatic nitrogens is 3. The summed E-state index contributed by atoms with van der Waals surface area (Å²) in [7, 11) is 4.30. The molecule has 5 aromatic rings. The van der Waals surface area contributed by atoms with Crippen molar-refractivity contribution in [1.82, 2.24) is 19.9 Å². The number of aryl methyl sites for hydroxylation is 1. The number of amides is 1. The molecule has 1 aliphatic rings. The molecule has 0 spiro atoms. The van der Waals surface area contributed by atoms with E-state index in [1.165, 1.54) is 12.1 Å². The fourth-order valence-corrected chi connectivity index (χ4v) is 6.46. The molecule has 0 aliphatic carbocycles. The van der Waals surface area contributed by atoms with E-state index in [1.54, 1.807) is 6.07 Å². The number of rotatable bonds is 8. The van der Waals surface area contributed by atoms with E-state index >= 15 is 0 Å². The number of anilines is 4. The number of fused-ring (bicyclic) bond motifs is 1. The zero-order chi connectivity index (χ0) is 33.2. The smallest absolute Gasteiger partial charge is 0.258 e. The quantitative estimate of drug-likeness (QED) is 0.168. The number of hydrogen-bond acceptors (Lipinski definition) is 7. The molecule has 0 radical (unpaired) electrons. The molecule has 2 aromatic heterocycles. The van der Waals surface area contributed by atoms with Crippen molar-refractivity contribution in [3.05, 3.63) is 100 Å². The van der Waals surface area contributed by atoms with Crippen LogP contribution < -0.4 is 15.5 Å². The van der Waals surface area contributed by atoms with Crippen LogP contribution in [-0.4, -0.2) is 59.0 Å². The zero-order valence-electron chi connectivity index (χ0n) is 27.3. The maximum Gasteiger partial charge on any atom is 0.258 e. The number of hydrogen-bond donors (Lipinski definition) is 2. The summed E-state index contributed by atoms with van der Waals surface area (Å²) in [5.74, 6) is 0.603. The summed E-state index contributed by atoms with van der Waals surface area (Å²) in [5, 5.41) is 7.10. The summed E-state index contributed by atoms with van der Waals surface area (Å²) >= 11 is 3.32. The molecule has 0 atom stereocenters. The maximum atomic E-state index is 14.4. The summed E-state index contributed by atoms with van der Waals surface area (Å²) in [6, 6.07) is 19.0. The number of carbonyl (C=O) groups is 1. The first kappa shape index (κ1) is 32.5. The molecule has 1 saturated heterocycles. The third-order valence-corrected chi connectivity index (χ3v) is 9.33. The zero-order valence-corrected chi connectivity index (χ0v) is 28.9. The summed E-state index contributed by atoms with van der Waals surface area (Å²) in [4.78, 5) is 31.9. The van der Waals surface area contributed by atoms with Gasteiger partial charge in [-0.2, -0.15) is 0 Å². The van der Waals surface area contributed by atoms with Crippen molar-refractivity contribution in [2.24, 2.45) is 0 Å². The highest BCUT2D eigenvalue weighted by Crippen LogP contribution is 2.34. The topological polar surface area (TPSA) is 86.3 Å². The first-order chi connectivity index (χ1) is 22.5. The molecule has 1 amide bonds. The number of nitrogens with one attached hydrogen (secondary N) is 2. The highest BCUT2D eigenvalue weighted by molar-refractivity contribution is 9.10. The number of halogens is 2. The van der Waals surface area contributed by atoms with Gasteiger partial charge in [-0.3, -0.25) is 4.79 Å². The Labute approximate surface area is 283 Å². The Bertz CT molecular complexity index is 1920. The van der Waals surface area contributed by atoms with Crippen LogP contribution in [0.3, 0.4) is 0 Å². The van der Waals surface area contributed by atoms with Crippen LogP contribution in [0.25, 0.3) is 22.0 Å². The van der Waals surface area contributed by atoms with Crippen LogP contribution in [0.15, 0.2) is 77.5 Å². The van der Waals surface area contributed by atoms with Crippen molar-refractivity contribution in [3.63, 3.8) is 0 Å². The molecule has 3 heterocycles. The van der Waals surface area contributed by atoms with Gasteiger partial charge in [0, 0.05) is 40.9 Å². The fraction of sp³-hybridized carbons (Fsp3) is 0.297. The Morgan fingerprint density at radius 1 is 0.979 bits per heavy atom. The van der Waals surface area contributed by atoms with E-state index in [0.29, 0.717) is 22.2 Å². The third kappa shape index (κ3) is 7.29. The number of carbonyl (C=O) groups excluding carboxylic acids is 1. The average molecular weight is 697 g/mol. The van der Waals surface area contributed by atoms with E-state index in [1.807, 2.05) is 43.6 Å². The Kier molecular flexibility index (Phi) is 9.52. The van der Waals surface area contributed by atoms with Crippen molar-refractivity contribution < 1.29 is 9.18 Å². The molecule has 242 valence electrons. The van der Waals surface area contributed by atoms with E-state index < -0.39 is 11.7 Å². The van der Waals surface area contributed by atoms with Crippen molar-refractivity contribution in [1.29, 1.82) is 0 Å². The molecular formula is C37H39BrFN7O. The maximum absolute atomic E-state index is 14.4. The molecule has 0 unspecified atom stereocenters. The average Bonchev–Trinajstić information content (AvgIpc) is 3.06. The van der Waals surface area contributed by atoms with Gasteiger partial charge in [-0.1, -0.05) is 35.8 Å². The lowest BCUT2D eigenvalue weighted by Gasteiger charge is -2.35. The van der Waals surface area contributed by atoms with Crippen molar-refractivity contribution in [2.75, 3.05) is 42.7 Å². The molecule has 2 N–H and O–H groups in total. The minimum atomic E-state index is -0.577. The molecule has 47 heavy (non-hydrogen) atoms. The van der Waals surface area contributed by atoms with Gasteiger partial charge in [0.1, 0.15) is 11.6 Å². The minimum absolute atomic E-state index is 0.0251. The van der Waals surface area contributed by atoms with Crippen molar-refractivity contribution in [3.8, 4) is 11.1 Å². The van der Waals surface area contributed by atoms with Crippen LogP contribution in [0.1, 0.15) is 54.1 Å². The second-order valence-corrected chi connectivity index (χ2v) is 13.6. The predicted octanol–water partition coefficient (Wildman–Crippen LogP) is 8.55. The third-order valence-electron chi connectivity index (χ3n) is 8.84. The second-order valence-electron chi connectivity index (χ2n) is 12.7. The van der Waals surface area contributed by atoms with E-state index in [9.17, 15) is 9.18 Å². The second kappa shape index (κ2) is 13.8. The van der Waals surface area contributed by atoms with Crippen molar-refractivity contribution in [2.45, 2.75) is 45.6 Å². The van der Waals surface area contributed by atoms with E-state index in [2.05, 4.69) is 87.5 Å². The highest BCUT2D eigenvalue weighted by atomic mass is 79.9. The molecular weight excluding hydrogens is 657 g/mol. The van der Waals surface area contributed by atoms with Crippen LogP contribution >= 0.6 is 15.9 Å². The molecule has 1 aliphatic heterocycles. The van der Waals surface area contributed by atoms with Gasteiger partial charge < -0.3 is 20.4 Å². The van der Waals surface area contributed by atoms with Gasteiger partial charge >= 0.3 is 0 Å². The number of pyridine rings is 1. The minimum Gasteiger partial charge on any atom is -0.357 e. The molecule has 0 bridgehead atoms. The molecule has 10 heteroatoms. The van der Waals surface area contributed by atoms with Crippen LogP contribution in [-0.2, 0) is 0 Å². The predicted molar refractivity (Wildman–Crippen MR) is 192 cm³/mol. The highest BCUT2D eigenvalue weighted by Gasteiger charge is 2.21. The largest absolute Gasteiger partial charge is 0.357 e. The summed E-state index contributed by atoms with van der Waals surface area (Å²) in [5.41, 5.74) is 6.34. The molecule has 1 fully saturated rings. The number of piperidine rings is 1. The van der Waals surface area contributed by atoms with Gasteiger partial charge in [0.15, 0.2) is 0 Å². The van der Waals surface area contributed by atoms with Gasteiger partial charge in [-0.25, -0.2) is 19.3 Å². The number of nitrogens with zero attached hydrogens (tertiary/aromatic N) is 5. The Hall–Kier alpha value is -4.41. The van der Waals surface area contributed by atoms with Gasteiger partial charge in [-0.15, -0.1) is 0 Å². The first-order valence-electron chi connectivity index (χ1n) is 15.9. The van der Waals surface area contributed by atoms with Crippen LogP contribution in [0.4, 0.5) is 27.5 Å². The molecule has 6 rings (SSSR count). The normalized spacial score (nSPS) is 13.9. The molecule has 3 aromatic carbocycles. The summed E-state index contributed by atoms with van der Waals surface area (Å²) in [6.45, 7) is 8.33. The summed E-state index contributed by atoms with van der Waals surface area (Å²) in [6.07, 6.45) is 5.95. The lowest BCUT2D eigenvalue weighted by atomic mass is 9.92. The van der Waals surface area contributed by atoms with E-state index in [4.69, 9.17) is 9.97 Å². The Balaban J connectivity index is 1.23. The van der Waals surface area contributed by atoms with Gasteiger partial charge in [-0.05, 0) is 117 Å². The van der Waals surface area contributed by atoms with E-state index in [0.717, 1.165) is 70.6 Å². The fourth-order valence-electron chi connectivity index (χ4n) is 6.10. The van der Waals surface area contributed by atoms with Crippen LogP contribution in [0.2, 0.25) is 0 Å². The van der Waals surface area contributed by atoms with Gasteiger partial charge in [0.2, 0.25) is 5.95 Å². The Morgan fingerprint density at radius 3 is 2.45 bits per heavy atom. The SMILES string of the molecule is Cc1ccc(NC(=O)c2cc(Br)ccc2F)cc1-c1cc(C(C)C)c2nc(Nc3ccc(N4CCC(N(C)C)CC4)nc3)ncc2c1. The van der Waals surface area contributed by atoms with Gasteiger partial charge in [0.05, 0.1) is 23.0 Å². The van der Waals surface area contributed by atoms with Crippen LogP contribution in [0.5, 0.6) is 0 Å². The summed E-state index contributed by atoms with van der Waals surface area (Å²) < 4.78 is 15.0. The van der Waals surface area contributed by atoms with E-state index in [-0.39, 0.29) is 11.5 Å². The molecule has 0 saturated carbocycles. The lowest BCUT2D eigenvalue weighted by molar-refractivity contribution is 0.102. The standard InChI is InChI=1S/C37H39BrFN7O/c1-22(2)30-17-24(31-19-27(8-6-23(31)3)42-36(47)32-18-26(38)7-10-33(32)39)16-25-20-41-37(44-35(25)30)43-28-9-11-34(40-21-28)46-14-12-29(13-15-46)45(4)5/h6-11,16-22,29H,12-15H2,1-5H3,(H,42,47)(H,41,43,44). The lowest BCUT2D eigenvalue weighted by Crippen LogP contribution is -2.42. The molecule has 8 nitrogen and oxygen atoms in total. The first-order valence-corrected chi connectivity index (χ1v) is 16.7. The monoisotopic (exact) mass is 695 g/mol. The number of benzene rings is 3. The van der Waals surface area contributed by atoms with Crippen molar-refractivity contribution >= 4 is 55.9 Å².